The van der Waals surface area contributed by atoms with E-state index in [2.05, 4.69) is 6.92 Å². The molecule has 0 unspecified atom stereocenters. The SMILES string of the molecule is [CH2]c1sc(=O)n(CC=C(Cl)Cl)c1C(F)(F)F. The molecule has 0 N–H and O–H groups in total. The number of alkyl halides is 3. The van der Waals surface area contributed by atoms with Gasteiger partial charge >= 0.3 is 11.0 Å². The summed E-state index contributed by atoms with van der Waals surface area (Å²) < 4.78 is 38.0. The largest absolute Gasteiger partial charge is 0.432 e. The lowest BCUT2D eigenvalue weighted by Gasteiger charge is -2.09. The molecule has 0 saturated carbocycles. The van der Waals surface area contributed by atoms with Crippen molar-refractivity contribution >= 4 is 34.5 Å². The lowest BCUT2D eigenvalue weighted by Crippen LogP contribution is -2.21. The molecule has 0 aliphatic heterocycles. The Labute approximate surface area is 103 Å². The lowest BCUT2D eigenvalue weighted by molar-refractivity contribution is -0.143. The Morgan fingerprint density at radius 2 is 2.06 bits per heavy atom. The number of thiazole rings is 1. The Bertz CT molecular complexity index is 471. The minimum Gasteiger partial charge on any atom is -0.291 e. The first-order valence-electron chi connectivity index (χ1n) is 3.87. The highest BCUT2D eigenvalue weighted by Crippen LogP contribution is 2.32. The smallest absolute Gasteiger partial charge is 0.291 e. The maximum absolute atomic E-state index is 12.6. The van der Waals surface area contributed by atoms with Crippen LogP contribution in [0.2, 0.25) is 0 Å². The van der Waals surface area contributed by atoms with Gasteiger partial charge in [-0.15, -0.1) is 0 Å². The second kappa shape index (κ2) is 4.81. The molecule has 1 aromatic rings. The molecule has 1 heterocycles. The molecule has 0 fully saturated rings. The summed E-state index contributed by atoms with van der Waals surface area (Å²) in [4.78, 5) is 10.2. The van der Waals surface area contributed by atoms with Crippen LogP contribution in [0.3, 0.4) is 0 Å². The van der Waals surface area contributed by atoms with Gasteiger partial charge in [0, 0.05) is 11.4 Å². The molecule has 0 atom stereocenters. The van der Waals surface area contributed by atoms with Crippen LogP contribution < -0.4 is 4.87 Å². The van der Waals surface area contributed by atoms with Crippen molar-refractivity contribution in [2.24, 2.45) is 0 Å². The van der Waals surface area contributed by atoms with Gasteiger partial charge in [-0.25, -0.2) is 0 Å². The maximum Gasteiger partial charge on any atom is 0.432 e. The Morgan fingerprint density at radius 1 is 1.50 bits per heavy atom. The van der Waals surface area contributed by atoms with E-state index in [-0.39, 0.29) is 15.9 Å². The van der Waals surface area contributed by atoms with Crippen LogP contribution in [0, 0.1) is 6.92 Å². The average Bonchev–Trinajstić information content (AvgIpc) is 2.36. The van der Waals surface area contributed by atoms with Crippen LogP contribution in [0.1, 0.15) is 10.6 Å². The zero-order valence-corrected chi connectivity index (χ0v) is 9.97. The molecule has 1 aromatic heterocycles. The van der Waals surface area contributed by atoms with Gasteiger partial charge < -0.3 is 0 Å². The van der Waals surface area contributed by atoms with E-state index in [0.717, 1.165) is 6.08 Å². The zero-order valence-electron chi connectivity index (χ0n) is 7.65. The molecule has 89 valence electrons. The minimum absolute atomic E-state index is 0.197. The second-order valence-corrected chi connectivity index (χ2v) is 4.80. The molecule has 0 amide bonds. The Kier molecular flexibility index (Phi) is 4.09. The number of halogens is 5. The molecule has 0 saturated heterocycles. The van der Waals surface area contributed by atoms with Crippen molar-refractivity contribution in [2.75, 3.05) is 0 Å². The van der Waals surface area contributed by atoms with Crippen molar-refractivity contribution in [1.82, 2.24) is 4.57 Å². The van der Waals surface area contributed by atoms with E-state index in [1.807, 2.05) is 0 Å². The summed E-state index contributed by atoms with van der Waals surface area (Å²) >= 11 is 11.0. The Balaban J connectivity index is 3.27. The van der Waals surface area contributed by atoms with E-state index < -0.39 is 16.7 Å². The third-order valence-corrected chi connectivity index (χ3v) is 2.80. The summed E-state index contributed by atoms with van der Waals surface area (Å²) in [5.74, 6) is 0. The molecule has 2 nitrogen and oxygen atoms in total. The highest BCUT2D eigenvalue weighted by Gasteiger charge is 2.37. The molecule has 1 rings (SSSR count). The first kappa shape index (κ1) is 13.6. The van der Waals surface area contributed by atoms with Crippen LogP contribution >= 0.6 is 34.5 Å². The molecule has 0 bridgehead atoms. The van der Waals surface area contributed by atoms with Crippen molar-refractivity contribution in [1.29, 1.82) is 0 Å². The monoisotopic (exact) mass is 290 g/mol. The molecule has 1 radical (unpaired) electrons. The van der Waals surface area contributed by atoms with E-state index >= 15 is 0 Å². The van der Waals surface area contributed by atoms with Crippen LogP contribution in [0.5, 0.6) is 0 Å². The van der Waals surface area contributed by atoms with Gasteiger partial charge in [0.25, 0.3) is 0 Å². The van der Waals surface area contributed by atoms with Gasteiger partial charge in [0.05, 0.1) is 0 Å². The Hall–Kier alpha value is -0.460. The first-order chi connectivity index (χ1) is 7.23. The minimum atomic E-state index is -4.62. The van der Waals surface area contributed by atoms with E-state index in [1.165, 1.54) is 0 Å². The lowest BCUT2D eigenvalue weighted by atomic mass is 10.3. The fourth-order valence-corrected chi connectivity index (χ4v) is 2.04. The van der Waals surface area contributed by atoms with Gasteiger partial charge in [0.15, 0.2) is 0 Å². The molecule has 16 heavy (non-hydrogen) atoms. The van der Waals surface area contributed by atoms with E-state index in [4.69, 9.17) is 23.2 Å². The number of aromatic nitrogens is 1. The van der Waals surface area contributed by atoms with Crippen molar-refractivity contribution < 1.29 is 13.2 Å². The average molecular weight is 291 g/mol. The number of hydrogen-bond acceptors (Lipinski definition) is 2. The molecule has 0 spiro atoms. The molecule has 8 heteroatoms. The van der Waals surface area contributed by atoms with E-state index in [1.54, 1.807) is 0 Å². The number of allylic oxidation sites excluding steroid dienone is 1. The first-order valence-corrected chi connectivity index (χ1v) is 5.44. The van der Waals surface area contributed by atoms with Crippen LogP contribution in [0.25, 0.3) is 0 Å². The molecule has 0 aliphatic rings. The third kappa shape index (κ3) is 3.02. The van der Waals surface area contributed by atoms with Crippen LogP contribution in [-0.2, 0) is 12.7 Å². The van der Waals surface area contributed by atoms with E-state index in [9.17, 15) is 18.0 Å². The standard InChI is InChI=1S/C8H5Cl2F3NOS/c1-4-6(8(11,12)13)14(7(15)16-4)3-2-5(9)10/h2H,1,3H2. The second-order valence-electron chi connectivity index (χ2n) is 2.74. The van der Waals surface area contributed by atoms with Gasteiger partial charge in [-0.05, 0) is 13.0 Å². The van der Waals surface area contributed by atoms with Crippen molar-refractivity contribution in [3.05, 3.63) is 37.7 Å². The highest BCUT2D eigenvalue weighted by molar-refractivity contribution is 7.09. The van der Waals surface area contributed by atoms with Crippen molar-refractivity contribution in [3.8, 4) is 0 Å². The number of hydrogen-bond donors (Lipinski definition) is 0. The summed E-state index contributed by atoms with van der Waals surface area (Å²) in [5.41, 5.74) is -1.06. The predicted molar refractivity (Wildman–Crippen MR) is 57.8 cm³/mol. The number of nitrogens with zero attached hydrogens (tertiary/aromatic N) is 1. The van der Waals surface area contributed by atoms with Crippen LogP contribution in [0.15, 0.2) is 15.4 Å². The maximum atomic E-state index is 12.6. The summed E-state index contributed by atoms with van der Waals surface area (Å²) in [6.07, 6.45) is -3.52. The fraction of sp³-hybridized carbons (Fsp3) is 0.250. The quantitative estimate of drug-likeness (QED) is 0.818. The molecule has 0 aromatic carbocycles. The topological polar surface area (TPSA) is 22.0 Å². The summed E-state index contributed by atoms with van der Waals surface area (Å²) in [6, 6.07) is 0. The highest BCUT2D eigenvalue weighted by atomic mass is 35.5. The third-order valence-electron chi connectivity index (χ3n) is 1.66. The summed E-state index contributed by atoms with van der Waals surface area (Å²) in [5, 5.41) is 0. The molecule has 0 aliphatic carbocycles. The summed E-state index contributed by atoms with van der Waals surface area (Å²) in [6.45, 7) is 2.86. The van der Waals surface area contributed by atoms with Crippen molar-refractivity contribution in [3.63, 3.8) is 0 Å². The molecular weight excluding hydrogens is 286 g/mol. The fourth-order valence-electron chi connectivity index (χ4n) is 1.09. The predicted octanol–water partition coefficient (Wildman–Crippen LogP) is 3.43. The van der Waals surface area contributed by atoms with Gasteiger partial charge in [0.2, 0.25) is 0 Å². The van der Waals surface area contributed by atoms with Gasteiger partial charge in [-0.1, -0.05) is 34.5 Å². The van der Waals surface area contributed by atoms with Gasteiger partial charge in [-0.2, -0.15) is 13.2 Å². The summed E-state index contributed by atoms with van der Waals surface area (Å²) in [7, 11) is 0. The van der Waals surface area contributed by atoms with E-state index in [0.29, 0.717) is 15.9 Å². The van der Waals surface area contributed by atoms with Crippen molar-refractivity contribution in [2.45, 2.75) is 12.7 Å². The van der Waals surface area contributed by atoms with Gasteiger partial charge in [0.1, 0.15) is 10.2 Å². The normalized spacial score (nSPS) is 11.6. The van der Waals surface area contributed by atoms with Crippen LogP contribution in [-0.4, -0.2) is 4.57 Å². The number of rotatable bonds is 2. The zero-order chi connectivity index (χ0) is 12.5. The van der Waals surface area contributed by atoms with Crippen LogP contribution in [0.4, 0.5) is 13.2 Å². The Morgan fingerprint density at radius 3 is 2.50 bits per heavy atom. The molecular formula is C8H5Cl2F3NOS. The van der Waals surface area contributed by atoms with Gasteiger partial charge in [-0.3, -0.25) is 9.36 Å².